The van der Waals surface area contributed by atoms with Crippen LogP contribution in [0.3, 0.4) is 0 Å². The summed E-state index contributed by atoms with van der Waals surface area (Å²) in [6, 6.07) is 5.99. The van der Waals surface area contributed by atoms with E-state index in [1.807, 2.05) is 6.92 Å². The van der Waals surface area contributed by atoms with E-state index in [9.17, 15) is 24.6 Å². The number of aliphatic hydroxyl groups excluding tert-OH is 1. The third kappa shape index (κ3) is 6.27. The lowest BCUT2D eigenvalue weighted by Gasteiger charge is -2.24. The fourth-order valence-corrected chi connectivity index (χ4v) is 4.13. The molecule has 2 heterocycles. The molecule has 1 atom stereocenters. The van der Waals surface area contributed by atoms with Crippen LogP contribution in [-0.4, -0.2) is 65.3 Å². The highest BCUT2D eigenvalue weighted by atomic mass is 19.1. The molecule has 40 heavy (non-hydrogen) atoms. The van der Waals surface area contributed by atoms with E-state index >= 15 is 4.39 Å². The lowest BCUT2D eigenvalue weighted by Crippen LogP contribution is -2.41. The van der Waals surface area contributed by atoms with Gasteiger partial charge in [-0.3, -0.25) is 9.59 Å². The first kappa shape index (κ1) is 27.9. The van der Waals surface area contributed by atoms with E-state index in [-0.39, 0.29) is 37.3 Å². The van der Waals surface area contributed by atoms with Crippen LogP contribution in [0.4, 0.5) is 10.1 Å². The normalized spacial score (nSPS) is 11.7. The molecule has 5 N–H and O–H groups in total. The number of carbonyl (C=O) groups is 2. The average molecular weight is 549 g/mol. The van der Waals surface area contributed by atoms with Gasteiger partial charge in [0, 0.05) is 18.7 Å². The standard InChI is InChI=1S/C26H25FN8O5/c1-3-8-35(12-15-10-18-21(9-14(15)2)28-23(13-36)30-25(18)38)16-4-5-17(19(27)11-16)24(37)29-20(26(39)40)6-7-22-31-33-34-32-22/h1,4-5,9-11,20,36H,6-8,12-13H2,2H3,(H,29,37)(H,39,40)(H,28,30,38)(H,31,32,33,34)/t20-/m0/s1. The number of aliphatic carboxylic acids is 1. The number of aliphatic hydroxyl groups is 1. The topological polar surface area (TPSA) is 190 Å². The molecule has 4 rings (SSSR count). The lowest BCUT2D eigenvalue weighted by atomic mass is 10.0. The minimum absolute atomic E-state index is 0.0155. The summed E-state index contributed by atoms with van der Waals surface area (Å²) in [5.74, 6) is -0.0209. The van der Waals surface area contributed by atoms with Gasteiger partial charge in [0.1, 0.15) is 30.1 Å². The Morgan fingerprint density at radius 1 is 1.25 bits per heavy atom. The van der Waals surface area contributed by atoms with Crippen molar-refractivity contribution in [1.29, 1.82) is 0 Å². The second kappa shape index (κ2) is 12.1. The molecule has 206 valence electrons. The number of fused-ring (bicyclic) bond motifs is 1. The molecule has 0 radical (unpaired) electrons. The third-order valence-corrected chi connectivity index (χ3v) is 6.23. The summed E-state index contributed by atoms with van der Waals surface area (Å²) >= 11 is 0. The molecular formula is C26H25FN8O5. The van der Waals surface area contributed by atoms with Gasteiger partial charge in [-0.2, -0.15) is 0 Å². The number of hydrogen-bond donors (Lipinski definition) is 5. The van der Waals surface area contributed by atoms with Crippen molar-refractivity contribution in [2.24, 2.45) is 0 Å². The summed E-state index contributed by atoms with van der Waals surface area (Å²) in [5.41, 5.74) is 1.60. The monoisotopic (exact) mass is 548 g/mol. The zero-order valence-electron chi connectivity index (χ0n) is 21.3. The van der Waals surface area contributed by atoms with E-state index in [0.29, 0.717) is 22.4 Å². The number of terminal acetylenes is 1. The molecule has 0 bridgehead atoms. The van der Waals surface area contributed by atoms with Crippen molar-refractivity contribution >= 4 is 28.5 Å². The quantitative estimate of drug-likeness (QED) is 0.168. The molecule has 0 saturated heterocycles. The SMILES string of the molecule is C#CCN(Cc1cc2c(=O)[nH]c(CO)nc2cc1C)c1ccc(C(=O)N[C@@H](CCc2nnn[nH]2)C(=O)O)c(F)c1. The van der Waals surface area contributed by atoms with Gasteiger partial charge >= 0.3 is 5.97 Å². The zero-order chi connectivity index (χ0) is 28.8. The summed E-state index contributed by atoms with van der Waals surface area (Å²) in [6.07, 6.45) is 5.70. The first-order chi connectivity index (χ1) is 19.2. The number of halogens is 1. The van der Waals surface area contributed by atoms with Crippen LogP contribution in [-0.2, 0) is 24.4 Å². The summed E-state index contributed by atoms with van der Waals surface area (Å²) in [4.78, 5) is 45.3. The van der Waals surface area contributed by atoms with E-state index in [2.05, 4.69) is 41.8 Å². The van der Waals surface area contributed by atoms with E-state index in [0.717, 1.165) is 17.2 Å². The van der Waals surface area contributed by atoms with E-state index < -0.39 is 35.9 Å². The molecule has 0 spiro atoms. The second-order valence-electron chi connectivity index (χ2n) is 8.94. The number of aryl methyl sites for hydroxylation is 2. The number of H-pyrrole nitrogens is 2. The van der Waals surface area contributed by atoms with E-state index in [1.54, 1.807) is 17.0 Å². The van der Waals surface area contributed by atoms with Gasteiger partial charge in [-0.05, 0) is 65.2 Å². The fraction of sp³-hybridized carbons (Fsp3) is 0.269. The predicted molar refractivity (Wildman–Crippen MR) is 141 cm³/mol. The third-order valence-electron chi connectivity index (χ3n) is 6.23. The molecule has 0 aliphatic rings. The van der Waals surface area contributed by atoms with Gasteiger partial charge in [-0.15, -0.1) is 11.5 Å². The number of hydrogen-bond acceptors (Lipinski definition) is 9. The number of tetrazole rings is 1. The van der Waals surface area contributed by atoms with Crippen molar-refractivity contribution in [2.75, 3.05) is 11.4 Å². The van der Waals surface area contributed by atoms with Crippen molar-refractivity contribution in [1.82, 2.24) is 35.9 Å². The summed E-state index contributed by atoms with van der Waals surface area (Å²) in [5, 5.41) is 34.4. The number of aromatic nitrogens is 6. The summed E-state index contributed by atoms with van der Waals surface area (Å²) in [7, 11) is 0. The number of rotatable bonds is 11. The molecule has 0 saturated carbocycles. The van der Waals surface area contributed by atoms with Crippen LogP contribution in [0.25, 0.3) is 10.9 Å². The molecular weight excluding hydrogens is 523 g/mol. The van der Waals surface area contributed by atoms with Crippen LogP contribution in [0.2, 0.25) is 0 Å². The molecule has 13 nitrogen and oxygen atoms in total. The Morgan fingerprint density at radius 2 is 2.05 bits per heavy atom. The van der Waals surface area contributed by atoms with E-state index in [4.69, 9.17) is 6.42 Å². The lowest BCUT2D eigenvalue weighted by molar-refractivity contribution is -0.139. The highest BCUT2D eigenvalue weighted by Gasteiger charge is 2.23. The van der Waals surface area contributed by atoms with Crippen LogP contribution in [0.1, 0.15) is 39.6 Å². The Morgan fingerprint density at radius 3 is 2.70 bits per heavy atom. The fourth-order valence-electron chi connectivity index (χ4n) is 4.13. The summed E-state index contributed by atoms with van der Waals surface area (Å²) in [6.45, 7) is 1.74. The average Bonchev–Trinajstić information content (AvgIpc) is 3.44. The van der Waals surface area contributed by atoms with Crippen molar-refractivity contribution in [3.8, 4) is 12.3 Å². The molecule has 0 aliphatic heterocycles. The Kier molecular flexibility index (Phi) is 8.45. The van der Waals surface area contributed by atoms with Gasteiger partial charge in [0.25, 0.3) is 11.5 Å². The van der Waals surface area contributed by atoms with E-state index in [1.165, 1.54) is 12.1 Å². The number of carboxylic acids is 1. The number of nitrogens with zero attached hydrogens (tertiary/aromatic N) is 5. The molecule has 1 amide bonds. The Balaban J connectivity index is 1.54. The molecule has 2 aromatic carbocycles. The molecule has 0 aliphatic carbocycles. The smallest absolute Gasteiger partial charge is 0.326 e. The number of carboxylic acid groups (broad SMARTS) is 1. The number of nitrogens with one attached hydrogen (secondary N) is 3. The van der Waals surface area contributed by atoms with Crippen LogP contribution < -0.4 is 15.8 Å². The van der Waals surface area contributed by atoms with Gasteiger partial charge in [0.05, 0.1) is 23.0 Å². The van der Waals surface area contributed by atoms with Crippen molar-refractivity contribution in [3.63, 3.8) is 0 Å². The molecule has 0 unspecified atom stereocenters. The van der Waals surface area contributed by atoms with Gasteiger partial charge in [0.2, 0.25) is 0 Å². The largest absolute Gasteiger partial charge is 0.480 e. The minimum Gasteiger partial charge on any atom is -0.480 e. The Bertz CT molecular complexity index is 1650. The number of carbonyl (C=O) groups excluding carboxylic acids is 1. The van der Waals surface area contributed by atoms with Gasteiger partial charge < -0.3 is 25.4 Å². The van der Waals surface area contributed by atoms with Gasteiger partial charge in [0.15, 0.2) is 0 Å². The van der Waals surface area contributed by atoms with Gasteiger partial charge in [-0.25, -0.2) is 19.3 Å². The summed E-state index contributed by atoms with van der Waals surface area (Å²) < 4.78 is 15.1. The number of amides is 1. The highest BCUT2D eigenvalue weighted by Crippen LogP contribution is 2.24. The predicted octanol–water partition coefficient (Wildman–Crippen LogP) is 0.832. The Hall–Kier alpha value is -5.16. The molecule has 0 fully saturated rings. The van der Waals surface area contributed by atoms with Crippen molar-refractivity contribution in [3.05, 3.63) is 74.8 Å². The number of aromatic amines is 2. The first-order valence-corrected chi connectivity index (χ1v) is 12.1. The minimum atomic E-state index is -1.29. The first-order valence-electron chi connectivity index (χ1n) is 12.1. The molecule has 14 heteroatoms. The van der Waals surface area contributed by atoms with Crippen molar-refractivity contribution in [2.45, 2.75) is 39.0 Å². The maximum atomic E-state index is 15.1. The number of anilines is 1. The maximum absolute atomic E-state index is 15.1. The van der Waals surface area contributed by atoms with Crippen LogP contribution in [0, 0.1) is 25.1 Å². The molecule has 2 aromatic heterocycles. The maximum Gasteiger partial charge on any atom is 0.326 e. The number of benzene rings is 2. The van der Waals surface area contributed by atoms with Crippen molar-refractivity contribution < 1.29 is 24.2 Å². The molecule has 4 aromatic rings. The zero-order valence-corrected chi connectivity index (χ0v) is 21.3. The van der Waals surface area contributed by atoms with Crippen LogP contribution >= 0.6 is 0 Å². The van der Waals surface area contributed by atoms with Crippen LogP contribution in [0.15, 0.2) is 35.1 Å². The second-order valence-corrected chi connectivity index (χ2v) is 8.94. The highest BCUT2D eigenvalue weighted by molar-refractivity contribution is 5.97. The Labute approximate surface area is 226 Å². The van der Waals surface area contributed by atoms with Crippen LogP contribution in [0.5, 0.6) is 0 Å². The van der Waals surface area contributed by atoms with Gasteiger partial charge in [-0.1, -0.05) is 5.92 Å².